The summed E-state index contributed by atoms with van der Waals surface area (Å²) in [6.45, 7) is 4.27. The van der Waals surface area contributed by atoms with E-state index in [2.05, 4.69) is 25.0 Å². The molecule has 0 aliphatic carbocycles. The first-order valence-electron chi connectivity index (χ1n) is 8.19. The van der Waals surface area contributed by atoms with Crippen molar-refractivity contribution in [3.8, 4) is 5.82 Å². The lowest BCUT2D eigenvalue weighted by molar-refractivity contribution is 0.579. The third-order valence-corrected chi connectivity index (χ3v) is 5.44. The number of halogens is 1. The highest BCUT2D eigenvalue weighted by molar-refractivity contribution is 7.89. The Kier molecular flexibility index (Phi) is 5.47. The Morgan fingerprint density at radius 2 is 1.93 bits per heavy atom. The zero-order valence-electron chi connectivity index (χ0n) is 14.8. The van der Waals surface area contributed by atoms with Crippen molar-refractivity contribution in [1.29, 1.82) is 0 Å². The van der Waals surface area contributed by atoms with Crippen molar-refractivity contribution in [2.45, 2.75) is 18.7 Å². The Morgan fingerprint density at radius 1 is 1.11 bits per heavy atom. The molecule has 0 spiro atoms. The van der Waals surface area contributed by atoms with Crippen LogP contribution in [0.1, 0.15) is 11.4 Å². The van der Waals surface area contributed by atoms with Crippen molar-refractivity contribution >= 4 is 15.8 Å². The normalized spacial score (nSPS) is 11.5. The molecule has 0 amide bonds. The minimum absolute atomic E-state index is 0.112. The molecule has 0 saturated carbocycles. The molecule has 2 aromatic heterocycles. The molecule has 0 unspecified atom stereocenters. The van der Waals surface area contributed by atoms with Gasteiger partial charge in [-0.1, -0.05) is 6.07 Å². The molecule has 0 atom stereocenters. The number of rotatable bonds is 7. The van der Waals surface area contributed by atoms with E-state index in [1.165, 1.54) is 24.5 Å². The van der Waals surface area contributed by atoms with Gasteiger partial charge in [-0.2, -0.15) is 0 Å². The number of imidazole rings is 1. The second-order valence-electron chi connectivity index (χ2n) is 5.83. The maximum atomic E-state index is 13.2. The number of aromatic nitrogens is 4. The second-order valence-corrected chi connectivity index (χ2v) is 7.60. The van der Waals surface area contributed by atoms with Gasteiger partial charge in [0.1, 0.15) is 30.1 Å². The Bertz CT molecular complexity index is 1050. The molecule has 0 radical (unpaired) electrons. The molecule has 8 nitrogen and oxygen atoms in total. The average molecular weight is 390 g/mol. The summed E-state index contributed by atoms with van der Waals surface area (Å²) < 4.78 is 41.7. The molecule has 10 heteroatoms. The number of nitrogens with one attached hydrogen (secondary N) is 2. The van der Waals surface area contributed by atoms with Gasteiger partial charge < -0.3 is 5.32 Å². The molecule has 142 valence electrons. The summed E-state index contributed by atoms with van der Waals surface area (Å²) in [5.41, 5.74) is 1.89. The molecule has 2 N–H and O–H groups in total. The minimum atomic E-state index is -3.77. The summed E-state index contributed by atoms with van der Waals surface area (Å²) in [6.07, 6.45) is 3.10. The molecular formula is C17H19FN6O2S. The van der Waals surface area contributed by atoms with Crippen LogP contribution in [0, 0.1) is 19.7 Å². The third-order valence-electron chi connectivity index (χ3n) is 3.98. The zero-order valence-corrected chi connectivity index (χ0v) is 15.7. The van der Waals surface area contributed by atoms with Crippen molar-refractivity contribution < 1.29 is 12.8 Å². The molecule has 2 heterocycles. The molecule has 1 aromatic carbocycles. The van der Waals surface area contributed by atoms with Gasteiger partial charge in [0.15, 0.2) is 0 Å². The van der Waals surface area contributed by atoms with E-state index in [0.717, 1.165) is 17.5 Å². The molecule has 3 aromatic rings. The Morgan fingerprint density at radius 3 is 2.63 bits per heavy atom. The first-order valence-corrected chi connectivity index (χ1v) is 9.67. The van der Waals surface area contributed by atoms with Gasteiger partial charge in [-0.05, 0) is 32.0 Å². The predicted octanol–water partition coefficient (Wildman–Crippen LogP) is 1.81. The van der Waals surface area contributed by atoms with Gasteiger partial charge in [0.05, 0.1) is 10.6 Å². The lowest BCUT2D eigenvalue weighted by Crippen LogP contribution is -2.29. The predicted molar refractivity (Wildman–Crippen MR) is 98.7 cm³/mol. The lowest BCUT2D eigenvalue weighted by atomic mass is 10.4. The van der Waals surface area contributed by atoms with Crippen LogP contribution in [0.3, 0.4) is 0 Å². The van der Waals surface area contributed by atoms with Gasteiger partial charge in [0.2, 0.25) is 10.0 Å². The molecule has 0 saturated heterocycles. The fourth-order valence-corrected chi connectivity index (χ4v) is 3.46. The molecular weight excluding hydrogens is 371 g/mol. The number of hydrogen-bond donors (Lipinski definition) is 2. The lowest BCUT2D eigenvalue weighted by Gasteiger charge is -2.10. The number of nitrogens with zero attached hydrogens (tertiary/aromatic N) is 4. The number of hydrogen-bond acceptors (Lipinski definition) is 6. The SMILES string of the molecule is Cc1ncn(-c2cc(NCCNS(=O)(=O)c3cccc(F)c3)ncn2)c1C. The minimum Gasteiger partial charge on any atom is -0.369 e. The van der Waals surface area contributed by atoms with E-state index >= 15 is 0 Å². The van der Waals surface area contributed by atoms with Crippen LogP contribution in [0.25, 0.3) is 5.82 Å². The molecule has 3 rings (SSSR count). The summed E-state index contributed by atoms with van der Waals surface area (Å²) in [7, 11) is -3.77. The van der Waals surface area contributed by atoms with E-state index in [9.17, 15) is 12.8 Å². The maximum absolute atomic E-state index is 13.2. The van der Waals surface area contributed by atoms with Crippen molar-refractivity contribution in [3.63, 3.8) is 0 Å². The van der Waals surface area contributed by atoms with Gasteiger partial charge >= 0.3 is 0 Å². The van der Waals surface area contributed by atoms with Crippen molar-refractivity contribution in [2.24, 2.45) is 0 Å². The van der Waals surface area contributed by atoms with E-state index in [4.69, 9.17) is 0 Å². The monoisotopic (exact) mass is 390 g/mol. The summed E-state index contributed by atoms with van der Waals surface area (Å²) >= 11 is 0. The highest BCUT2D eigenvalue weighted by Crippen LogP contribution is 2.14. The van der Waals surface area contributed by atoms with E-state index in [0.29, 0.717) is 18.2 Å². The average Bonchev–Trinajstić information content (AvgIpc) is 2.98. The highest BCUT2D eigenvalue weighted by atomic mass is 32.2. The van der Waals surface area contributed by atoms with E-state index in [-0.39, 0.29) is 11.4 Å². The van der Waals surface area contributed by atoms with E-state index in [1.807, 2.05) is 18.4 Å². The van der Waals surface area contributed by atoms with Crippen LogP contribution in [0.5, 0.6) is 0 Å². The van der Waals surface area contributed by atoms with Crippen LogP contribution in [0.15, 0.2) is 47.9 Å². The second kappa shape index (κ2) is 7.80. The van der Waals surface area contributed by atoms with Crippen LogP contribution in [0.2, 0.25) is 0 Å². The third kappa shape index (κ3) is 4.47. The zero-order chi connectivity index (χ0) is 19.4. The van der Waals surface area contributed by atoms with Crippen LogP contribution < -0.4 is 10.0 Å². The molecule has 0 aliphatic heterocycles. The topological polar surface area (TPSA) is 102 Å². The fraction of sp³-hybridized carbons (Fsp3) is 0.235. The molecule has 27 heavy (non-hydrogen) atoms. The van der Waals surface area contributed by atoms with Gasteiger partial charge in [-0.15, -0.1) is 0 Å². The summed E-state index contributed by atoms with van der Waals surface area (Å²) in [5, 5.41) is 3.03. The van der Waals surface area contributed by atoms with Gasteiger partial charge in [0.25, 0.3) is 0 Å². The first kappa shape index (κ1) is 18.9. The number of anilines is 1. The standard InChI is InChI=1S/C17H19FN6O2S/c1-12-13(2)24(11-22-12)17-9-16(20-10-21-17)19-6-7-23-27(25,26)15-5-3-4-14(18)8-15/h3-5,8-11,23H,6-7H2,1-2H3,(H,19,20,21). The Hall–Kier alpha value is -2.85. The van der Waals surface area contributed by atoms with E-state index < -0.39 is 15.8 Å². The van der Waals surface area contributed by atoms with Crippen LogP contribution in [-0.2, 0) is 10.0 Å². The molecule has 0 aliphatic rings. The summed E-state index contributed by atoms with van der Waals surface area (Å²) in [6, 6.07) is 6.60. The molecule has 0 bridgehead atoms. The fourth-order valence-electron chi connectivity index (χ4n) is 2.40. The molecule has 0 fully saturated rings. The van der Waals surface area contributed by atoms with E-state index in [1.54, 1.807) is 12.4 Å². The highest BCUT2D eigenvalue weighted by Gasteiger charge is 2.13. The van der Waals surface area contributed by atoms with Crippen molar-refractivity contribution in [1.82, 2.24) is 24.2 Å². The smallest absolute Gasteiger partial charge is 0.240 e. The number of benzene rings is 1. The van der Waals surface area contributed by atoms with Crippen molar-refractivity contribution in [3.05, 3.63) is 60.2 Å². The van der Waals surface area contributed by atoms with Crippen LogP contribution >= 0.6 is 0 Å². The van der Waals surface area contributed by atoms with Gasteiger partial charge in [-0.3, -0.25) is 4.57 Å². The number of aryl methyl sites for hydroxylation is 1. The van der Waals surface area contributed by atoms with Crippen LogP contribution in [0.4, 0.5) is 10.2 Å². The summed E-state index contributed by atoms with van der Waals surface area (Å²) in [4.78, 5) is 12.5. The van der Waals surface area contributed by atoms with Crippen LogP contribution in [-0.4, -0.2) is 41.0 Å². The quantitative estimate of drug-likeness (QED) is 0.597. The summed E-state index contributed by atoms with van der Waals surface area (Å²) in [5.74, 6) is 0.608. The van der Waals surface area contributed by atoms with Crippen molar-refractivity contribution in [2.75, 3.05) is 18.4 Å². The van der Waals surface area contributed by atoms with Gasteiger partial charge in [-0.25, -0.2) is 32.5 Å². The largest absolute Gasteiger partial charge is 0.369 e. The Labute approximate surface area is 156 Å². The maximum Gasteiger partial charge on any atom is 0.240 e. The van der Waals surface area contributed by atoms with Gasteiger partial charge in [0, 0.05) is 24.8 Å². The number of sulfonamides is 1. The first-order chi connectivity index (χ1) is 12.9. The Balaban J connectivity index is 1.60.